The quantitative estimate of drug-likeness (QED) is 0.437. The predicted molar refractivity (Wildman–Crippen MR) is 114 cm³/mol. The minimum Gasteiger partial charge on any atom is -0.464 e. The van der Waals surface area contributed by atoms with Gasteiger partial charge in [-0.1, -0.05) is 6.07 Å². The third-order valence-corrected chi connectivity index (χ3v) is 5.99. The number of rotatable bonds is 7. The van der Waals surface area contributed by atoms with E-state index in [2.05, 4.69) is 4.72 Å². The Morgan fingerprint density at radius 3 is 2.35 bits per heavy atom. The van der Waals surface area contributed by atoms with E-state index in [1.165, 1.54) is 48.2 Å². The Morgan fingerprint density at radius 1 is 1.10 bits per heavy atom. The number of nitro benzene ring substituents is 1. The van der Waals surface area contributed by atoms with Crippen LogP contribution in [0.3, 0.4) is 0 Å². The molecule has 162 valence electrons. The lowest BCUT2D eigenvalue weighted by Crippen LogP contribution is -2.26. The number of aryl methyl sites for hydroxylation is 2. The van der Waals surface area contributed by atoms with E-state index in [0.29, 0.717) is 23.4 Å². The number of benzene rings is 2. The van der Waals surface area contributed by atoms with Gasteiger partial charge in [-0.15, -0.1) is 0 Å². The number of amides is 1. The van der Waals surface area contributed by atoms with Crippen molar-refractivity contribution < 1.29 is 22.6 Å². The van der Waals surface area contributed by atoms with Crippen LogP contribution in [0.5, 0.6) is 0 Å². The molecule has 3 aromatic rings. The molecule has 0 saturated heterocycles. The van der Waals surface area contributed by atoms with Crippen LogP contribution in [0, 0.1) is 24.0 Å². The van der Waals surface area contributed by atoms with Gasteiger partial charge < -0.3 is 9.32 Å². The Balaban J connectivity index is 1.73. The fraction of sp³-hybridized carbons (Fsp3) is 0.190. The standard InChI is InChI=1S/C21H21N3O6S/c1-14-4-11-19(12-20(14)24(26)27)31(28,29)22-17-8-6-16(7-9-17)21(25)23(3)13-18-10-5-15(2)30-18/h4-12,22H,13H2,1-3H3. The van der Waals surface area contributed by atoms with Crippen molar-refractivity contribution in [1.29, 1.82) is 0 Å². The molecule has 0 radical (unpaired) electrons. The van der Waals surface area contributed by atoms with Gasteiger partial charge in [-0.05, 0) is 56.3 Å². The van der Waals surface area contributed by atoms with Gasteiger partial charge in [0.25, 0.3) is 21.6 Å². The van der Waals surface area contributed by atoms with Gasteiger partial charge in [0.2, 0.25) is 0 Å². The minimum atomic E-state index is -4.04. The van der Waals surface area contributed by atoms with E-state index in [4.69, 9.17) is 4.42 Å². The Labute approximate surface area is 179 Å². The third kappa shape index (κ3) is 5.10. The van der Waals surface area contributed by atoms with Crippen LogP contribution >= 0.6 is 0 Å². The molecule has 0 unspecified atom stereocenters. The van der Waals surface area contributed by atoms with Gasteiger partial charge >= 0.3 is 0 Å². The molecular weight excluding hydrogens is 422 g/mol. The molecule has 0 atom stereocenters. The normalized spacial score (nSPS) is 11.2. The largest absolute Gasteiger partial charge is 0.464 e. The van der Waals surface area contributed by atoms with Crippen molar-refractivity contribution in [1.82, 2.24) is 4.90 Å². The predicted octanol–water partition coefficient (Wildman–Crippen LogP) is 3.88. The molecule has 0 spiro atoms. The maximum atomic E-state index is 12.6. The van der Waals surface area contributed by atoms with Gasteiger partial charge in [-0.2, -0.15) is 0 Å². The van der Waals surface area contributed by atoms with E-state index >= 15 is 0 Å². The first-order valence-corrected chi connectivity index (χ1v) is 10.7. The summed E-state index contributed by atoms with van der Waals surface area (Å²) in [6.07, 6.45) is 0. The number of carbonyl (C=O) groups excluding carboxylic acids is 1. The van der Waals surface area contributed by atoms with Crippen LogP contribution < -0.4 is 4.72 Å². The van der Waals surface area contributed by atoms with Crippen molar-refractivity contribution in [3.8, 4) is 0 Å². The average Bonchev–Trinajstić information content (AvgIpc) is 3.12. The Kier molecular flexibility index (Phi) is 6.11. The molecule has 0 aliphatic carbocycles. The Bertz CT molecular complexity index is 1230. The van der Waals surface area contributed by atoms with Crippen LogP contribution in [0.2, 0.25) is 0 Å². The molecule has 9 nitrogen and oxygen atoms in total. The van der Waals surface area contributed by atoms with Crippen molar-refractivity contribution >= 4 is 27.3 Å². The van der Waals surface area contributed by atoms with E-state index < -0.39 is 14.9 Å². The highest BCUT2D eigenvalue weighted by Gasteiger charge is 2.20. The summed E-state index contributed by atoms with van der Waals surface area (Å²) in [5.74, 6) is 1.16. The van der Waals surface area contributed by atoms with Crippen LogP contribution in [0.1, 0.15) is 27.4 Å². The Hall–Kier alpha value is -3.66. The van der Waals surface area contributed by atoms with Gasteiger partial charge in [-0.25, -0.2) is 8.42 Å². The monoisotopic (exact) mass is 443 g/mol. The molecule has 31 heavy (non-hydrogen) atoms. The first kappa shape index (κ1) is 22.0. The summed E-state index contributed by atoms with van der Waals surface area (Å²) in [6, 6.07) is 13.2. The van der Waals surface area contributed by atoms with Gasteiger partial charge in [-0.3, -0.25) is 19.6 Å². The molecule has 0 fully saturated rings. The number of furan rings is 1. The third-order valence-electron chi connectivity index (χ3n) is 4.61. The van der Waals surface area contributed by atoms with Crippen LogP contribution in [-0.4, -0.2) is 31.2 Å². The number of nitrogens with one attached hydrogen (secondary N) is 1. The highest BCUT2D eigenvalue weighted by molar-refractivity contribution is 7.92. The second-order valence-electron chi connectivity index (χ2n) is 7.06. The zero-order chi connectivity index (χ0) is 22.8. The summed E-state index contributed by atoms with van der Waals surface area (Å²) in [7, 11) is -2.40. The maximum absolute atomic E-state index is 12.6. The molecule has 0 bridgehead atoms. The summed E-state index contributed by atoms with van der Waals surface area (Å²) in [5.41, 5.74) is 0.683. The maximum Gasteiger partial charge on any atom is 0.273 e. The molecule has 0 aliphatic rings. The highest BCUT2D eigenvalue weighted by atomic mass is 32.2. The van der Waals surface area contributed by atoms with Gasteiger partial charge in [0.15, 0.2) is 0 Å². The van der Waals surface area contributed by atoms with Crippen molar-refractivity contribution in [2.45, 2.75) is 25.3 Å². The number of nitrogens with zero attached hydrogens (tertiary/aromatic N) is 2. The molecule has 1 heterocycles. The van der Waals surface area contributed by atoms with Gasteiger partial charge in [0, 0.05) is 29.9 Å². The van der Waals surface area contributed by atoms with Crippen LogP contribution in [0.25, 0.3) is 0 Å². The van der Waals surface area contributed by atoms with Gasteiger partial charge in [0.05, 0.1) is 16.4 Å². The number of carbonyl (C=O) groups is 1. The minimum absolute atomic E-state index is 0.224. The zero-order valence-corrected chi connectivity index (χ0v) is 18.0. The zero-order valence-electron chi connectivity index (χ0n) is 17.2. The number of anilines is 1. The van der Waals surface area contributed by atoms with E-state index in [-0.39, 0.29) is 22.2 Å². The molecule has 0 aliphatic heterocycles. The molecule has 0 saturated carbocycles. The number of sulfonamides is 1. The lowest BCUT2D eigenvalue weighted by Gasteiger charge is -2.16. The van der Waals surface area contributed by atoms with Crippen LogP contribution in [0.4, 0.5) is 11.4 Å². The van der Waals surface area contributed by atoms with Crippen LogP contribution in [0.15, 0.2) is 63.9 Å². The highest BCUT2D eigenvalue weighted by Crippen LogP contribution is 2.24. The number of hydrogen-bond acceptors (Lipinski definition) is 6. The van der Waals surface area contributed by atoms with E-state index in [1.54, 1.807) is 13.1 Å². The first-order chi connectivity index (χ1) is 14.6. The second kappa shape index (κ2) is 8.60. The molecule has 2 aromatic carbocycles. The molecule has 1 N–H and O–H groups in total. The van der Waals surface area contributed by atoms with Crippen molar-refractivity contribution in [3.05, 3.63) is 87.4 Å². The fourth-order valence-electron chi connectivity index (χ4n) is 2.94. The van der Waals surface area contributed by atoms with E-state index in [1.807, 2.05) is 13.0 Å². The van der Waals surface area contributed by atoms with Crippen molar-refractivity contribution in [2.24, 2.45) is 0 Å². The molecule has 1 aromatic heterocycles. The summed E-state index contributed by atoms with van der Waals surface area (Å²) in [4.78, 5) is 24.3. The molecule has 3 rings (SSSR count). The lowest BCUT2D eigenvalue weighted by molar-refractivity contribution is -0.385. The van der Waals surface area contributed by atoms with Crippen molar-refractivity contribution in [3.63, 3.8) is 0 Å². The van der Waals surface area contributed by atoms with Crippen molar-refractivity contribution in [2.75, 3.05) is 11.8 Å². The average molecular weight is 443 g/mol. The molecule has 1 amide bonds. The summed E-state index contributed by atoms with van der Waals surface area (Å²) >= 11 is 0. The summed E-state index contributed by atoms with van der Waals surface area (Å²) in [5, 5.41) is 11.1. The van der Waals surface area contributed by atoms with E-state index in [0.717, 1.165) is 11.8 Å². The SMILES string of the molecule is Cc1ccc(CN(C)C(=O)c2ccc(NS(=O)(=O)c3ccc(C)c([N+](=O)[O-])c3)cc2)o1. The Morgan fingerprint density at radius 2 is 1.77 bits per heavy atom. The molecule has 10 heteroatoms. The van der Waals surface area contributed by atoms with Gasteiger partial charge in [0.1, 0.15) is 11.5 Å². The topological polar surface area (TPSA) is 123 Å². The lowest BCUT2D eigenvalue weighted by atomic mass is 10.2. The van der Waals surface area contributed by atoms with Crippen LogP contribution in [-0.2, 0) is 16.6 Å². The molecular formula is C21H21N3O6S. The number of nitro groups is 1. The fourth-order valence-corrected chi connectivity index (χ4v) is 4.02. The number of hydrogen-bond donors (Lipinski definition) is 1. The summed E-state index contributed by atoms with van der Waals surface area (Å²) in [6.45, 7) is 3.65. The first-order valence-electron chi connectivity index (χ1n) is 9.25. The smallest absolute Gasteiger partial charge is 0.273 e. The second-order valence-corrected chi connectivity index (χ2v) is 8.74. The summed E-state index contributed by atoms with van der Waals surface area (Å²) < 4.78 is 33.0. The van der Waals surface area contributed by atoms with E-state index in [9.17, 15) is 23.3 Å².